The van der Waals surface area contributed by atoms with Gasteiger partial charge in [0, 0.05) is 12.0 Å². The topological polar surface area (TPSA) is 46.2 Å². The largest absolute Gasteiger partial charge is 0.392 e. The highest BCUT2D eigenvalue weighted by atomic mass is 16.3. The molecule has 2 atom stereocenters. The van der Waals surface area contributed by atoms with E-state index in [1.807, 2.05) is 0 Å². The second-order valence-corrected chi connectivity index (χ2v) is 7.13. The van der Waals surface area contributed by atoms with Gasteiger partial charge in [0.15, 0.2) is 0 Å². The Morgan fingerprint density at radius 1 is 1.14 bits per heavy atom. The fourth-order valence-corrected chi connectivity index (χ4v) is 4.61. The summed E-state index contributed by atoms with van der Waals surface area (Å²) in [5, 5.41) is 11.0. The van der Waals surface area contributed by atoms with Gasteiger partial charge in [-0.1, -0.05) is 56.4 Å². The van der Waals surface area contributed by atoms with Crippen molar-refractivity contribution in [3.63, 3.8) is 0 Å². The lowest BCUT2D eigenvalue weighted by Gasteiger charge is -2.43. The Kier molecular flexibility index (Phi) is 4.66. The van der Waals surface area contributed by atoms with Crippen LogP contribution in [0.15, 0.2) is 24.3 Å². The number of hydrogen-bond acceptors (Lipinski definition) is 2. The number of nitrogens with two attached hydrogens (primary N) is 1. The number of benzene rings is 1. The summed E-state index contributed by atoms with van der Waals surface area (Å²) in [5.74, 6) is 0.700. The Balaban J connectivity index is 1.83. The molecule has 0 radical (unpaired) electrons. The molecule has 1 aromatic rings. The maximum absolute atomic E-state index is 11.0. The Morgan fingerprint density at radius 2 is 1.90 bits per heavy atom. The molecule has 0 spiro atoms. The van der Waals surface area contributed by atoms with Gasteiger partial charge in [-0.3, -0.25) is 0 Å². The van der Waals surface area contributed by atoms with Crippen LogP contribution in [0, 0.1) is 5.92 Å². The number of aliphatic hydroxyl groups is 1. The van der Waals surface area contributed by atoms with Gasteiger partial charge in [0.1, 0.15) is 0 Å². The zero-order chi connectivity index (χ0) is 14.7. The minimum atomic E-state index is -0.285. The van der Waals surface area contributed by atoms with Crippen LogP contribution in [0.5, 0.6) is 0 Å². The van der Waals surface area contributed by atoms with Gasteiger partial charge >= 0.3 is 0 Å². The van der Waals surface area contributed by atoms with E-state index in [1.54, 1.807) is 0 Å². The molecule has 0 heterocycles. The molecule has 2 aliphatic carbocycles. The average molecular weight is 287 g/mol. The highest BCUT2D eigenvalue weighted by Crippen LogP contribution is 2.42. The van der Waals surface area contributed by atoms with Crippen LogP contribution in [0.2, 0.25) is 0 Å². The molecule has 1 saturated carbocycles. The minimum absolute atomic E-state index is 0.202. The predicted molar refractivity (Wildman–Crippen MR) is 87.3 cm³/mol. The van der Waals surface area contributed by atoms with Gasteiger partial charge in [0.25, 0.3) is 0 Å². The third-order valence-corrected chi connectivity index (χ3v) is 5.91. The molecule has 0 saturated heterocycles. The Labute approximate surface area is 128 Å². The van der Waals surface area contributed by atoms with E-state index in [1.165, 1.54) is 43.2 Å². The molecule has 2 heteroatoms. The third kappa shape index (κ3) is 2.89. The van der Waals surface area contributed by atoms with Crippen molar-refractivity contribution in [2.75, 3.05) is 6.54 Å². The van der Waals surface area contributed by atoms with Gasteiger partial charge in [-0.2, -0.15) is 0 Å². The lowest BCUT2D eigenvalue weighted by molar-refractivity contribution is 0.0447. The van der Waals surface area contributed by atoms with E-state index in [2.05, 4.69) is 24.3 Å². The molecule has 21 heavy (non-hydrogen) atoms. The highest BCUT2D eigenvalue weighted by Gasteiger charge is 2.42. The van der Waals surface area contributed by atoms with Crippen LogP contribution in [-0.2, 0) is 11.8 Å². The molecule has 2 aliphatic rings. The van der Waals surface area contributed by atoms with Crippen molar-refractivity contribution in [3.8, 4) is 0 Å². The zero-order valence-electron chi connectivity index (χ0n) is 13.1. The molecular formula is C19H29NO. The summed E-state index contributed by atoms with van der Waals surface area (Å²) in [7, 11) is 0. The molecule has 0 aliphatic heterocycles. The van der Waals surface area contributed by atoms with Crippen LogP contribution < -0.4 is 5.73 Å². The van der Waals surface area contributed by atoms with Crippen LogP contribution >= 0.6 is 0 Å². The summed E-state index contributed by atoms with van der Waals surface area (Å²) < 4.78 is 0. The predicted octanol–water partition coefficient (Wildman–Crippen LogP) is 3.55. The Morgan fingerprint density at radius 3 is 2.67 bits per heavy atom. The van der Waals surface area contributed by atoms with Gasteiger partial charge < -0.3 is 10.8 Å². The van der Waals surface area contributed by atoms with Crippen LogP contribution in [0.3, 0.4) is 0 Å². The molecule has 3 N–H and O–H groups in total. The first-order chi connectivity index (χ1) is 10.3. The zero-order valence-corrected chi connectivity index (χ0v) is 13.1. The quantitative estimate of drug-likeness (QED) is 0.889. The normalized spacial score (nSPS) is 28.1. The van der Waals surface area contributed by atoms with Crippen molar-refractivity contribution in [1.29, 1.82) is 0 Å². The van der Waals surface area contributed by atoms with E-state index in [-0.39, 0.29) is 11.5 Å². The standard InChI is InChI=1S/C19H29NO/c20-14-19(18(21)13-15-7-2-1-3-8-15)12-6-10-16-9-4-5-11-17(16)19/h4-5,9,11,15,18,21H,1-3,6-8,10,12-14,20H2. The molecular weight excluding hydrogens is 258 g/mol. The van der Waals surface area contributed by atoms with Crippen molar-refractivity contribution < 1.29 is 5.11 Å². The molecule has 0 amide bonds. The van der Waals surface area contributed by atoms with Gasteiger partial charge in [0.2, 0.25) is 0 Å². The van der Waals surface area contributed by atoms with E-state index in [0.717, 1.165) is 25.7 Å². The number of aliphatic hydroxyl groups excluding tert-OH is 1. The van der Waals surface area contributed by atoms with Crippen molar-refractivity contribution in [2.45, 2.75) is 69.3 Å². The van der Waals surface area contributed by atoms with Crippen molar-refractivity contribution in [3.05, 3.63) is 35.4 Å². The summed E-state index contributed by atoms with van der Waals surface area (Å²) >= 11 is 0. The fraction of sp³-hybridized carbons (Fsp3) is 0.684. The summed E-state index contributed by atoms with van der Waals surface area (Å²) in [6, 6.07) is 8.62. The minimum Gasteiger partial charge on any atom is -0.392 e. The molecule has 2 unspecified atom stereocenters. The van der Waals surface area contributed by atoms with E-state index in [0.29, 0.717) is 12.5 Å². The third-order valence-electron chi connectivity index (χ3n) is 5.91. The van der Waals surface area contributed by atoms with Crippen LogP contribution in [0.4, 0.5) is 0 Å². The van der Waals surface area contributed by atoms with Gasteiger partial charge in [-0.05, 0) is 42.7 Å². The molecule has 0 aromatic heterocycles. The van der Waals surface area contributed by atoms with Crippen molar-refractivity contribution >= 4 is 0 Å². The van der Waals surface area contributed by atoms with Gasteiger partial charge in [0.05, 0.1) is 6.10 Å². The second kappa shape index (κ2) is 6.50. The first-order valence-electron chi connectivity index (χ1n) is 8.73. The molecule has 1 aromatic carbocycles. The summed E-state index contributed by atoms with van der Waals surface area (Å²) in [4.78, 5) is 0. The number of aryl methyl sites for hydroxylation is 1. The van der Waals surface area contributed by atoms with Crippen molar-refractivity contribution in [1.82, 2.24) is 0 Å². The summed E-state index contributed by atoms with van der Waals surface area (Å²) in [5.41, 5.74) is 8.72. The molecule has 1 fully saturated rings. The highest BCUT2D eigenvalue weighted by molar-refractivity contribution is 5.38. The Bertz CT molecular complexity index is 466. The van der Waals surface area contributed by atoms with E-state index in [4.69, 9.17) is 5.73 Å². The van der Waals surface area contributed by atoms with Gasteiger partial charge in [-0.15, -0.1) is 0 Å². The SMILES string of the molecule is NCC1(C(O)CC2CCCCC2)CCCc2ccccc21. The summed E-state index contributed by atoms with van der Waals surface area (Å²) in [6.45, 7) is 0.567. The number of hydrogen-bond donors (Lipinski definition) is 2. The fourth-order valence-electron chi connectivity index (χ4n) is 4.61. The molecule has 116 valence electrons. The van der Waals surface area contributed by atoms with Gasteiger partial charge in [-0.25, -0.2) is 0 Å². The first-order valence-corrected chi connectivity index (χ1v) is 8.73. The van der Waals surface area contributed by atoms with E-state index < -0.39 is 0 Å². The maximum atomic E-state index is 11.0. The van der Waals surface area contributed by atoms with Crippen molar-refractivity contribution in [2.24, 2.45) is 11.7 Å². The number of rotatable bonds is 4. The average Bonchev–Trinajstić information content (AvgIpc) is 2.55. The number of fused-ring (bicyclic) bond motifs is 1. The second-order valence-electron chi connectivity index (χ2n) is 7.13. The lowest BCUT2D eigenvalue weighted by Crippen LogP contribution is -2.49. The van der Waals surface area contributed by atoms with Crippen LogP contribution in [-0.4, -0.2) is 17.8 Å². The monoisotopic (exact) mass is 287 g/mol. The van der Waals surface area contributed by atoms with E-state index in [9.17, 15) is 5.11 Å². The smallest absolute Gasteiger partial charge is 0.0651 e. The molecule has 0 bridgehead atoms. The maximum Gasteiger partial charge on any atom is 0.0651 e. The van der Waals surface area contributed by atoms with Crippen LogP contribution in [0.1, 0.15) is 62.5 Å². The lowest BCUT2D eigenvalue weighted by atomic mass is 9.64. The molecule has 3 rings (SSSR count). The van der Waals surface area contributed by atoms with Crippen LogP contribution in [0.25, 0.3) is 0 Å². The first kappa shape index (κ1) is 15.1. The Hall–Kier alpha value is -0.860. The van der Waals surface area contributed by atoms with E-state index >= 15 is 0 Å². The molecule has 2 nitrogen and oxygen atoms in total. The summed E-state index contributed by atoms with van der Waals surface area (Å²) in [6.07, 6.45) is 10.6.